The number of rotatable bonds is 6. The SMILES string of the molecule is C[C@@](Cc1ccc(C#N)cc1)(NS(=O)(=O)c1ccc2ccccc2c1)C(=O)O. The first-order valence-electron chi connectivity index (χ1n) is 8.49. The zero-order chi connectivity index (χ0) is 20.4. The van der Waals surface area contributed by atoms with Gasteiger partial charge in [0, 0.05) is 6.42 Å². The molecule has 0 radical (unpaired) electrons. The number of nitriles is 1. The summed E-state index contributed by atoms with van der Waals surface area (Å²) in [5.41, 5.74) is -0.707. The molecular formula is C21H18N2O4S. The summed E-state index contributed by atoms with van der Waals surface area (Å²) in [4.78, 5) is 11.9. The van der Waals surface area contributed by atoms with Crippen LogP contribution in [0.4, 0.5) is 0 Å². The third-order valence-corrected chi connectivity index (χ3v) is 6.10. The Balaban J connectivity index is 1.92. The van der Waals surface area contributed by atoms with Crippen LogP contribution in [0.15, 0.2) is 71.6 Å². The number of hydrogen-bond acceptors (Lipinski definition) is 4. The lowest BCUT2D eigenvalue weighted by Gasteiger charge is -2.26. The minimum Gasteiger partial charge on any atom is -0.480 e. The van der Waals surface area contributed by atoms with Gasteiger partial charge in [-0.2, -0.15) is 9.98 Å². The molecule has 0 saturated heterocycles. The summed E-state index contributed by atoms with van der Waals surface area (Å²) in [6.07, 6.45) is -0.0686. The van der Waals surface area contributed by atoms with E-state index < -0.39 is 21.5 Å². The van der Waals surface area contributed by atoms with Gasteiger partial charge in [-0.25, -0.2) is 8.42 Å². The van der Waals surface area contributed by atoms with Gasteiger partial charge in [-0.05, 0) is 47.5 Å². The van der Waals surface area contributed by atoms with Crippen molar-refractivity contribution < 1.29 is 18.3 Å². The molecule has 3 rings (SSSR count). The van der Waals surface area contributed by atoms with Gasteiger partial charge in [-0.1, -0.05) is 42.5 Å². The van der Waals surface area contributed by atoms with Crippen molar-refractivity contribution in [1.29, 1.82) is 5.26 Å². The average molecular weight is 394 g/mol. The second-order valence-corrected chi connectivity index (χ2v) is 8.42. The molecule has 3 aromatic rings. The van der Waals surface area contributed by atoms with E-state index >= 15 is 0 Å². The number of carboxylic acid groups (broad SMARTS) is 1. The van der Waals surface area contributed by atoms with Crippen molar-refractivity contribution in [2.75, 3.05) is 0 Å². The maximum absolute atomic E-state index is 12.9. The molecule has 1 atom stereocenters. The summed E-state index contributed by atoms with van der Waals surface area (Å²) in [6, 6.07) is 20.3. The first kappa shape index (κ1) is 19.5. The number of benzene rings is 3. The third-order valence-electron chi connectivity index (χ3n) is 4.50. The van der Waals surface area contributed by atoms with Crippen molar-refractivity contribution in [3.8, 4) is 6.07 Å². The zero-order valence-electron chi connectivity index (χ0n) is 15.1. The van der Waals surface area contributed by atoms with Crippen LogP contribution in [-0.2, 0) is 21.2 Å². The Morgan fingerprint density at radius 2 is 1.71 bits per heavy atom. The number of nitrogens with zero attached hydrogens (tertiary/aromatic N) is 1. The normalized spacial score (nSPS) is 13.6. The van der Waals surface area contributed by atoms with Crippen molar-refractivity contribution in [3.63, 3.8) is 0 Å². The first-order chi connectivity index (χ1) is 13.2. The van der Waals surface area contributed by atoms with Crippen LogP contribution < -0.4 is 4.72 Å². The molecule has 0 aliphatic rings. The summed E-state index contributed by atoms with van der Waals surface area (Å²) in [5, 5.41) is 20.2. The van der Waals surface area contributed by atoms with E-state index in [4.69, 9.17) is 5.26 Å². The number of nitrogens with one attached hydrogen (secondary N) is 1. The lowest BCUT2D eigenvalue weighted by molar-refractivity contribution is -0.143. The monoisotopic (exact) mass is 394 g/mol. The van der Waals surface area contributed by atoms with Gasteiger partial charge in [-0.3, -0.25) is 4.79 Å². The van der Waals surface area contributed by atoms with E-state index in [1.807, 2.05) is 18.2 Å². The molecule has 0 saturated carbocycles. The molecule has 0 fully saturated rings. The van der Waals surface area contributed by atoms with E-state index in [1.54, 1.807) is 42.5 Å². The fourth-order valence-corrected chi connectivity index (χ4v) is 4.35. The van der Waals surface area contributed by atoms with Gasteiger partial charge in [0.05, 0.1) is 16.5 Å². The highest BCUT2D eigenvalue weighted by Crippen LogP contribution is 2.22. The van der Waals surface area contributed by atoms with Crippen molar-refractivity contribution in [2.24, 2.45) is 0 Å². The fraction of sp³-hybridized carbons (Fsp3) is 0.143. The lowest BCUT2D eigenvalue weighted by Crippen LogP contribution is -2.53. The highest BCUT2D eigenvalue weighted by molar-refractivity contribution is 7.89. The minimum absolute atomic E-state index is 0.00139. The molecule has 0 unspecified atom stereocenters. The van der Waals surface area contributed by atoms with Gasteiger partial charge in [0.1, 0.15) is 5.54 Å². The van der Waals surface area contributed by atoms with Gasteiger partial charge in [-0.15, -0.1) is 0 Å². The van der Waals surface area contributed by atoms with Crippen LogP contribution >= 0.6 is 0 Å². The largest absolute Gasteiger partial charge is 0.480 e. The molecule has 0 aliphatic carbocycles. The van der Waals surface area contributed by atoms with Crippen molar-refractivity contribution in [3.05, 3.63) is 77.9 Å². The van der Waals surface area contributed by atoms with E-state index in [-0.39, 0.29) is 11.3 Å². The topological polar surface area (TPSA) is 107 Å². The van der Waals surface area contributed by atoms with Gasteiger partial charge in [0.15, 0.2) is 0 Å². The molecule has 0 aromatic heterocycles. The van der Waals surface area contributed by atoms with Crippen LogP contribution in [0.25, 0.3) is 10.8 Å². The molecule has 0 amide bonds. The van der Waals surface area contributed by atoms with Crippen LogP contribution in [0.1, 0.15) is 18.1 Å². The number of hydrogen-bond donors (Lipinski definition) is 2. The Labute approximate surface area is 163 Å². The quantitative estimate of drug-likeness (QED) is 0.668. The smallest absolute Gasteiger partial charge is 0.324 e. The van der Waals surface area contributed by atoms with Crippen LogP contribution in [0, 0.1) is 11.3 Å². The summed E-state index contributed by atoms with van der Waals surface area (Å²) in [6.45, 7) is 1.33. The van der Waals surface area contributed by atoms with Crippen LogP contribution in [0.2, 0.25) is 0 Å². The molecular weight excluding hydrogens is 376 g/mol. The van der Waals surface area contributed by atoms with Crippen LogP contribution in [0.5, 0.6) is 0 Å². The Morgan fingerprint density at radius 1 is 1.07 bits per heavy atom. The Morgan fingerprint density at radius 3 is 2.32 bits per heavy atom. The molecule has 0 aliphatic heterocycles. The Bertz CT molecular complexity index is 1180. The van der Waals surface area contributed by atoms with Crippen LogP contribution in [0.3, 0.4) is 0 Å². The highest BCUT2D eigenvalue weighted by Gasteiger charge is 2.38. The molecule has 0 heterocycles. The minimum atomic E-state index is -4.07. The zero-order valence-corrected chi connectivity index (χ0v) is 15.9. The van der Waals surface area contributed by atoms with Gasteiger partial charge in [0.25, 0.3) is 0 Å². The molecule has 0 bridgehead atoms. The van der Waals surface area contributed by atoms with E-state index in [9.17, 15) is 18.3 Å². The van der Waals surface area contributed by atoms with Gasteiger partial charge in [0.2, 0.25) is 10.0 Å². The molecule has 28 heavy (non-hydrogen) atoms. The summed E-state index contributed by atoms with van der Waals surface area (Å²) < 4.78 is 28.1. The van der Waals surface area contributed by atoms with Gasteiger partial charge < -0.3 is 5.11 Å². The molecule has 6 nitrogen and oxygen atoms in total. The summed E-state index contributed by atoms with van der Waals surface area (Å²) >= 11 is 0. The van der Waals surface area contributed by atoms with Gasteiger partial charge >= 0.3 is 5.97 Å². The maximum atomic E-state index is 12.9. The summed E-state index contributed by atoms with van der Waals surface area (Å²) in [5.74, 6) is -1.29. The maximum Gasteiger partial charge on any atom is 0.324 e. The number of aliphatic carboxylic acids is 1. The molecule has 2 N–H and O–H groups in total. The van der Waals surface area contributed by atoms with E-state index in [0.29, 0.717) is 11.1 Å². The fourth-order valence-electron chi connectivity index (χ4n) is 2.95. The molecule has 7 heteroatoms. The first-order valence-corrected chi connectivity index (χ1v) is 9.97. The number of fused-ring (bicyclic) bond motifs is 1. The summed E-state index contributed by atoms with van der Waals surface area (Å²) in [7, 11) is -4.07. The average Bonchev–Trinajstić information content (AvgIpc) is 2.67. The second kappa shape index (κ2) is 7.43. The van der Waals surface area contributed by atoms with Crippen molar-refractivity contribution >= 4 is 26.8 Å². The van der Waals surface area contributed by atoms with Crippen molar-refractivity contribution in [2.45, 2.75) is 23.8 Å². The molecule has 0 spiro atoms. The Hall–Kier alpha value is -3.21. The number of sulfonamides is 1. The highest BCUT2D eigenvalue weighted by atomic mass is 32.2. The number of carboxylic acids is 1. The Kier molecular flexibility index (Phi) is 5.18. The second-order valence-electron chi connectivity index (χ2n) is 6.74. The van der Waals surface area contributed by atoms with E-state index in [0.717, 1.165) is 10.8 Å². The predicted octanol–water partition coefficient (Wildman–Crippen LogP) is 3.08. The van der Waals surface area contributed by atoms with Crippen molar-refractivity contribution in [1.82, 2.24) is 4.72 Å². The van der Waals surface area contributed by atoms with E-state index in [1.165, 1.54) is 19.1 Å². The molecule has 3 aromatic carbocycles. The lowest BCUT2D eigenvalue weighted by atomic mass is 9.94. The van der Waals surface area contributed by atoms with E-state index in [2.05, 4.69) is 4.72 Å². The number of carbonyl (C=O) groups is 1. The third kappa shape index (κ3) is 4.03. The molecule has 142 valence electrons. The standard InChI is InChI=1S/C21H18N2O4S/c1-21(20(24)25,13-15-6-8-16(14-22)9-7-15)23-28(26,27)19-11-10-17-4-2-3-5-18(17)12-19/h2-12,23H,13H2,1H3,(H,24,25)/t21-/m0/s1. The predicted molar refractivity (Wildman–Crippen MR) is 105 cm³/mol. The van der Waals surface area contributed by atoms with Crippen LogP contribution in [-0.4, -0.2) is 25.0 Å².